The zero-order valence-corrected chi connectivity index (χ0v) is 9.39. The van der Waals surface area contributed by atoms with Gasteiger partial charge in [0.15, 0.2) is 5.75 Å². The minimum absolute atomic E-state index is 0.0175. The molecule has 1 amide bonds. The molecule has 4 N–H and O–H groups in total. The van der Waals surface area contributed by atoms with Crippen LogP contribution in [0.15, 0.2) is 18.2 Å². The van der Waals surface area contributed by atoms with Crippen molar-refractivity contribution in [1.29, 1.82) is 0 Å². The molecule has 0 saturated heterocycles. The molecule has 92 valence electrons. The van der Waals surface area contributed by atoms with Gasteiger partial charge in [-0.1, -0.05) is 11.6 Å². The number of nitrogens with zero attached hydrogens (tertiary/aromatic N) is 1. The molecule has 0 spiro atoms. The lowest BCUT2D eigenvalue weighted by molar-refractivity contribution is -0.385. The van der Waals surface area contributed by atoms with Crippen molar-refractivity contribution >= 4 is 23.2 Å². The minimum atomic E-state index is -1.02. The summed E-state index contributed by atoms with van der Waals surface area (Å²) in [5, 5.41) is 10.9. The molecule has 0 saturated carbocycles. The van der Waals surface area contributed by atoms with Gasteiger partial charge < -0.3 is 16.2 Å². The molecule has 0 heterocycles. The smallest absolute Gasteiger partial charge is 0.312 e. The van der Waals surface area contributed by atoms with Crippen LogP contribution in [0.4, 0.5) is 5.69 Å². The molecule has 0 aliphatic heterocycles. The Bertz CT molecular complexity index is 452. The van der Waals surface area contributed by atoms with Crippen molar-refractivity contribution in [2.24, 2.45) is 11.5 Å². The second kappa shape index (κ2) is 5.46. The van der Waals surface area contributed by atoms with E-state index in [0.29, 0.717) is 0 Å². The number of carbonyl (C=O) groups excluding carboxylic acids is 1. The van der Waals surface area contributed by atoms with Gasteiger partial charge in [-0.2, -0.15) is 0 Å². The van der Waals surface area contributed by atoms with Gasteiger partial charge in [0, 0.05) is 11.1 Å². The Morgan fingerprint density at radius 3 is 2.76 bits per heavy atom. The highest BCUT2D eigenvalue weighted by molar-refractivity contribution is 6.30. The van der Waals surface area contributed by atoms with Crippen molar-refractivity contribution in [2.75, 3.05) is 6.61 Å². The fraction of sp³-hybridized carbons (Fsp3) is 0.222. The van der Waals surface area contributed by atoms with Crippen LogP contribution in [0.1, 0.15) is 0 Å². The number of hydrogen-bond acceptors (Lipinski definition) is 5. The van der Waals surface area contributed by atoms with Crippen molar-refractivity contribution in [1.82, 2.24) is 0 Å². The van der Waals surface area contributed by atoms with Gasteiger partial charge in [-0.15, -0.1) is 0 Å². The molecule has 1 aromatic carbocycles. The lowest BCUT2D eigenvalue weighted by Crippen LogP contribution is -2.41. The number of nitrogens with two attached hydrogens (primary N) is 2. The van der Waals surface area contributed by atoms with Crippen LogP contribution in [0, 0.1) is 10.1 Å². The van der Waals surface area contributed by atoms with Crippen molar-refractivity contribution < 1.29 is 14.5 Å². The fourth-order valence-corrected chi connectivity index (χ4v) is 1.18. The summed E-state index contributed by atoms with van der Waals surface area (Å²) in [7, 11) is 0. The van der Waals surface area contributed by atoms with Crippen LogP contribution < -0.4 is 16.2 Å². The number of halogens is 1. The van der Waals surface area contributed by atoms with E-state index in [1.54, 1.807) is 0 Å². The number of primary amides is 1. The number of nitro benzene ring substituents is 1. The van der Waals surface area contributed by atoms with Gasteiger partial charge in [0.1, 0.15) is 12.6 Å². The number of ether oxygens (including phenoxy) is 1. The van der Waals surface area contributed by atoms with Crippen LogP contribution in [0.5, 0.6) is 5.75 Å². The molecule has 0 radical (unpaired) electrons. The molecule has 1 aromatic rings. The summed E-state index contributed by atoms with van der Waals surface area (Å²) in [5.41, 5.74) is 9.95. The molecule has 8 heteroatoms. The Balaban J connectivity index is 2.84. The zero-order chi connectivity index (χ0) is 13.0. The third-order valence-electron chi connectivity index (χ3n) is 1.90. The molecular formula is C9H10ClN3O4. The molecule has 0 aliphatic carbocycles. The molecule has 17 heavy (non-hydrogen) atoms. The lowest BCUT2D eigenvalue weighted by atomic mass is 10.3. The number of carbonyl (C=O) groups is 1. The Morgan fingerprint density at radius 1 is 1.59 bits per heavy atom. The molecule has 7 nitrogen and oxygen atoms in total. The molecule has 1 rings (SSSR count). The quantitative estimate of drug-likeness (QED) is 0.587. The van der Waals surface area contributed by atoms with Gasteiger partial charge in [0.05, 0.1) is 4.92 Å². The Morgan fingerprint density at radius 2 is 2.24 bits per heavy atom. The lowest BCUT2D eigenvalue weighted by Gasteiger charge is -2.10. The van der Waals surface area contributed by atoms with Crippen LogP contribution in [0.25, 0.3) is 0 Å². The Hall–Kier alpha value is -1.86. The third-order valence-corrected chi connectivity index (χ3v) is 2.14. The van der Waals surface area contributed by atoms with E-state index in [2.05, 4.69) is 0 Å². The highest BCUT2D eigenvalue weighted by Crippen LogP contribution is 2.29. The van der Waals surface area contributed by atoms with Gasteiger partial charge >= 0.3 is 5.69 Å². The van der Waals surface area contributed by atoms with E-state index in [1.165, 1.54) is 12.1 Å². The van der Waals surface area contributed by atoms with Crippen molar-refractivity contribution in [3.8, 4) is 5.75 Å². The summed E-state index contributed by atoms with van der Waals surface area (Å²) in [6.07, 6.45) is 0. The van der Waals surface area contributed by atoms with E-state index in [1.807, 2.05) is 0 Å². The first-order chi connectivity index (χ1) is 7.91. The molecule has 1 unspecified atom stereocenters. The molecule has 0 aromatic heterocycles. The number of rotatable bonds is 5. The average Bonchev–Trinajstić information content (AvgIpc) is 2.26. The maximum absolute atomic E-state index is 10.7. The normalized spacial score (nSPS) is 11.9. The van der Waals surface area contributed by atoms with E-state index < -0.39 is 16.9 Å². The Labute approximate surface area is 101 Å². The number of amides is 1. The van der Waals surface area contributed by atoms with Crippen LogP contribution in [-0.2, 0) is 4.79 Å². The predicted octanol–water partition coefficient (Wildman–Crippen LogP) is 0.440. The van der Waals surface area contributed by atoms with Gasteiger partial charge in [-0.3, -0.25) is 14.9 Å². The van der Waals surface area contributed by atoms with Crippen LogP contribution in [0.3, 0.4) is 0 Å². The zero-order valence-electron chi connectivity index (χ0n) is 8.63. The van der Waals surface area contributed by atoms with Gasteiger partial charge in [0.25, 0.3) is 0 Å². The van der Waals surface area contributed by atoms with Gasteiger partial charge in [-0.05, 0) is 12.1 Å². The van der Waals surface area contributed by atoms with E-state index in [0.717, 1.165) is 6.07 Å². The maximum Gasteiger partial charge on any atom is 0.312 e. The minimum Gasteiger partial charge on any atom is -0.485 e. The monoisotopic (exact) mass is 259 g/mol. The van der Waals surface area contributed by atoms with Crippen LogP contribution in [0.2, 0.25) is 5.02 Å². The predicted molar refractivity (Wildman–Crippen MR) is 60.8 cm³/mol. The molecule has 0 aliphatic rings. The second-order valence-electron chi connectivity index (χ2n) is 3.19. The molecule has 0 fully saturated rings. The van der Waals surface area contributed by atoms with Gasteiger partial charge in [-0.25, -0.2) is 0 Å². The van der Waals surface area contributed by atoms with Crippen molar-refractivity contribution in [3.63, 3.8) is 0 Å². The first-order valence-corrected chi connectivity index (χ1v) is 4.91. The van der Waals surface area contributed by atoms with Crippen molar-refractivity contribution in [2.45, 2.75) is 6.04 Å². The first kappa shape index (κ1) is 13.2. The van der Waals surface area contributed by atoms with Crippen LogP contribution in [-0.4, -0.2) is 23.5 Å². The number of hydrogen-bond donors (Lipinski definition) is 2. The highest BCUT2D eigenvalue weighted by Gasteiger charge is 2.18. The largest absolute Gasteiger partial charge is 0.485 e. The number of benzene rings is 1. The summed E-state index contributed by atoms with van der Waals surface area (Å²) in [4.78, 5) is 20.7. The number of nitro groups is 1. The Kier molecular flexibility index (Phi) is 4.24. The molecular weight excluding hydrogens is 250 g/mol. The molecule has 1 atom stereocenters. The highest BCUT2D eigenvalue weighted by atomic mass is 35.5. The SMILES string of the molecule is NC(=O)C(N)COc1ccc(Cl)cc1[N+](=O)[O-]. The maximum atomic E-state index is 10.7. The summed E-state index contributed by atoms with van der Waals surface area (Å²) < 4.78 is 5.05. The van der Waals surface area contributed by atoms with E-state index >= 15 is 0 Å². The summed E-state index contributed by atoms with van der Waals surface area (Å²) in [6, 6.07) is 2.88. The van der Waals surface area contributed by atoms with E-state index in [4.69, 9.17) is 27.8 Å². The second-order valence-corrected chi connectivity index (χ2v) is 3.63. The third kappa shape index (κ3) is 3.58. The van der Waals surface area contributed by atoms with E-state index in [9.17, 15) is 14.9 Å². The first-order valence-electron chi connectivity index (χ1n) is 4.53. The van der Waals surface area contributed by atoms with Gasteiger partial charge in [0.2, 0.25) is 5.91 Å². The molecule has 0 bridgehead atoms. The summed E-state index contributed by atoms with van der Waals surface area (Å²) >= 11 is 5.62. The summed E-state index contributed by atoms with van der Waals surface area (Å²) in [6.45, 7) is -0.238. The van der Waals surface area contributed by atoms with Crippen LogP contribution >= 0.6 is 11.6 Å². The average molecular weight is 260 g/mol. The summed E-state index contributed by atoms with van der Waals surface area (Å²) in [5.74, 6) is -0.766. The topological polar surface area (TPSA) is 121 Å². The fourth-order valence-electron chi connectivity index (χ4n) is 1.02. The van der Waals surface area contributed by atoms with Crippen molar-refractivity contribution in [3.05, 3.63) is 33.3 Å². The standard InChI is InChI=1S/C9H10ClN3O4/c10-5-1-2-8(7(3-5)13(15)16)17-4-6(11)9(12)14/h1-3,6H,4,11H2,(H2,12,14). The van der Waals surface area contributed by atoms with E-state index in [-0.39, 0.29) is 23.1 Å².